The lowest BCUT2D eigenvalue weighted by Crippen LogP contribution is -2.25. The van der Waals surface area contributed by atoms with Gasteiger partial charge in [-0.05, 0) is 50.6 Å². The molecule has 0 saturated carbocycles. The van der Waals surface area contributed by atoms with Gasteiger partial charge < -0.3 is 15.4 Å². The summed E-state index contributed by atoms with van der Waals surface area (Å²) < 4.78 is 5.71. The minimum atomic E-state index is -0.195. The molecule has 1 atom stereocenters. The number of carbonyl (C=O) groups is 1. The molecular formula is C20H25ClN2O2. The number of halogens is 1. The van der Waals surface area contributed by atoms with Gasteiger partial charge >= 0.3 is 0 Å². The van der Waals surface area contributed by atoms with E-state index in [-0.39, 0.29) is 12.5 Å². The monoisotopic (exact) mass is 360 g/mol. The Labute approximate surface area is 154 Å². The molecule has 0 aromatic heterocycles. The Hall–Kier alpha value is -2.04. The van der Waals surface area contributed by atoms with Crippen LogP contribution in [0.1, 0.15) is 31.4 Å². The standard InChI is InChI=1S/C20H25ClN2O2/c1-4-15(3)22-12-16-11-17(21)7-10-19(16)25-13-20(24)23-18-8-5-14(2)6-9-18/h5-11,15,22H,4,12-13H2,1-3H3,(H,23,24)/t15-/m1/s1. The third-order valence-corrected chi connectivity index (χ3v) is 4.21. The number of benzene rings is 2. The molecule has 2 aromatic rings. The Morgan fingerprint density at radius 1 is 1.20 bits per heavy atom. The van der Waals surface area contributed by atoms with E-state index < -0.39 is 0 Å². The van der Waals surface area contributed by atoms with Crippen molar-refractivity contribution in [3.8, 4) is 5.75 Å². The third-order valence-electron chi connectivity index (χ3n) is 3.97. The number of hydrogen-bond acceptors (Lipinski definition) is 3. The van der Waals surface area contributed by atoms with Crippen LogP contribution in [0.3, 0.4) is 0 Å². The van der Waals surface area contributed by atoms with Crippen molar-refractivity contribution in [3.05, 3.63) is 58.6 Å². The highest BCUT2D eigenvalue weighted by atomic mass is 35.5. The van der Waals surface area contributed by atoms with Gasteiger partial charge in [0, 0.05) is 28.9 Å². The van der Waals surface area contributed by atoms with Crippen LogP contribution in [0.4, 0.5) is 5.69 Å². The van der Waals surface area contributed by atoms with Gasteiger partial charge in [0.05, 0.1) is 0 Å². The molecule has 0 spiro atoms. The average molecular weight is 361 g/mol. The first-order valence-electron chi connectivity index (χ1n) is 8.49. The smallest absolute Gasteiger partial charge is 0.262 e. The molecular weight excluding hydrogens is 336 g/mol. The fourth-order valence-electron chi connectivity index (χ4n) is 2.23. The summed E-state index contributed by atoms with van der Waals surface area (Å²) in [7, 11) is 0. The quantitative estimate of drug-likeness (QED) is 0.725. The van der Waals surface area contributed by atoms with Crippen LogP contribution in [0.2, 0.25) is 5.02 Å². The largest absolute Gasteiger partial charge is 0.483 e. The molecule has 0 bridgehead atoms. The van der Waals surface area contributed by atoms with Crippen molar-refractivity contribution < 1.29 is 9.53 Å². The lowest BCUT2D eigenvalue weighted by atomic mass is 10.1. The van der Waals surface area contributed by atoms with E-state index >= 15 is 0 Å². The zero-order chi connectivity index (χ0) is 18.2. The van der Waals surface area contributed by atoms with Gasteiger partial charge in [-0.15, -0.1) is 0 Å². The molecule has 0 aliphatic carbocycles. The highest BCUT2D eigenvalue weighted by molar-refractivity contribution is 6.30. The summed E-state index contributed by atoms with van der Waals surface area (Å²) in [4.78, 5) is 12.1. The minimum absolute atomic E-state index is 0.0498. The SMILES string of the molecule is CC[C@@H](C)NCc1cc(Cl)ccc1OCC(=O)Nc1ccc(C)cc1. The first kappa shape index (κ1) is 19.3. The van der Waals surface area contributed by atoms with Crippen molar-refractivity contribution >= 4 is 23.2 Å². The second-order valence-corrected chi connectivity index (χ2v) is 6.58. The third kappa shape index (κ3) is 6.40. The Bertz CT molecular complexity index is 701. The lowest BCUT2D eigenvalue weighted by molar-refractivity contribution is -0.118. The van der Waals surface area contributed by atoms with Crippen LogP contribution in [0.25, 0.3) is 0 Å². The maximum absolute atomic E-state index is 12.1. The van der Waals surface area contributed by atoms with E-state index in [1.54, 1.807) is 12.1 Å². The molecule has 4 nitrogen and oxygen atoms in total. The van der Waals surface area contributed by atoms with Crippen LogP contribution in [-0.2, 0) is 11.3 Å². The van der Waals surface area contributed by atoms with E-state index in [0.717, 1.165) is 23.2 Å². The Morgan fingerprint density at radius 3 is 2.60 bits per heavy atom. The van der Waals surface area contributed by atoms with Gasteiger partial charge in [-0.2, -0.15) is 0 Å². The minimum Gasteiger partial charge on any atom is -0.483 e. The van der Waals surface area contributed by atoms with Crippen molar-refractivity contribution in [1.82, 2.24) is 5.32 Å². The molecule has 0 aliphatic heterocycles. The maximum Gasteiger partial charge on any atom is 0.262 e. The van der Waals surface area contributed by atoms with Gasteiger partial charge in [-0.1, -0.05) is 36.2 Å². The fourth-order valence-corrected chi connectivity index (χ4v) is 2.43. The topological polar surface area (TPSA) is 50.4 Å². The molecule has 0 heterocycles. The van der Waals surface area contributed by atoms with E-state index in [2.05, 4.69) is 24.5 Å². The average Bonchev–Trinajstić information content (AvgIpc) is 2.60. The van der Waals surface area contributed by atoms with Gasteiger partial charge in [-0.3, -0.25) is 4.79 Å². The van der Waals surface area contributed by atoms with Gasteiger partial charge in [0.2, 0.25) is 0 Å². The molecule has 2 N–H and O–H groups in total. The number of anilines is 1. The number of aryl methyl sites for hydroxylation is 1. The Morgan fingerprint density at radius 2 is 1.92 bits per heavy atom. The zero-order valence-corrected chi connectivity index (χ0v) is 15.7. The number of amides is 1. The molecule has 1 amide bonds. The van der Waals surface area contributed by atoms with E-state index in [4.69, 9.17) is 16.3 Å². The van der Waals surface area contributed by atoms with E-state index in [0.29, 0.717) is 23.4 Å². The Kier molecular flexibility index (Phi) is 7.29. The summed E-state index contributed by atoms with van der Waals surface area (Å²) >= 11 is 6.09. The van der Waals surface area contributed by atoms with Gasteiger partial charge in [0.1, 0.15) is 5.75 Å². The first-order chi connectivity index (χ1) is 12.0. The van der Waals surface area contributed by atoms with Gasteiger partial charge in [0.15, 0.2) is 6.61 Å². The summed E-state index contributed by atoms with van der Waals surface area (Å²) in [6, 6.07) is 13.5. The normalized spacial score (nSPS) is 11.8. The number of ether oxygens (including phenoxy) is 1. The Balaban J connectivity index is 1.94. The number of carbonyl (C=O) groups excluding carboxylic acids is 1. The van der Waals surface area contributed by atoms with Crippen molar-refractivity contribution in [2.45, 2.75) is 39.8 Å². The molecule has 25 heavy (non-hydrogen) atoms. The number of nitrogens with one attached hydrogen (secondary N) is 2. The van der Waals surface area contributed by atoms with Crippen LogP contribution in [0, 0.1) is 6.92 Å². The van der Waals surface area contributed by atoms with Crippen LogP contribution in [0.15, 0.2) is 42.5 Å². The van der Waals surface area contributed by atoms with Crippen LogP contribution in [-0.4, -0.2) is 18.6 Å². The first-order valence-corrected chi connectivity index (χ1v) is 8.87. The van der Waals surface area contributed by atoms with Gasteiger partial charge in [-0.25, -0.2) is 0 Å². The second kappa shape index (κ2) is 9.44. The molecule has 0 fully saturated rings. The predicted molar refractivity (Wildman–Crippen MR) is 103 cm³/mol. The summed E-state index contributed by atoms with van der Waals surface area (Å²) in [5.41, 5.74) is 2.85. The van der Waals surface area contributed by atoms with Crippen molar-refractivity contribution in [1.29, 1.82) is 0 Å². The number of hydrogen-bond donors (Lipinski definition) is 2. The number of rotatable bonds is 8. The summed E-state index contributed by atoms with van der Waals surface area (Å²) in [6.45, 7) is 6.85. The lowest BCUT2D eigenvalue weighted by Gasteiger charge is -2.15. The van der Waals surface area contributed by atoms with Crippen molar-refractivity contribution in [2.24, 2.45) is 0 Å². The van der Waals surface area contributed by atoms with E-state index in [1.165, 1.54) is 0 Å². The molecule has 2 rings (SSSR count). The van der Waals surface area contributed by atoms with E-state index in [9.17, 15) is 4.79 Å². The molecule has 0 aliphatic rings. The summed E-state index contributed by atoms with van der Waals surface area (Å²) in [5.74, 6) is 0.471. The molecule has 0 radical (unpaired) electrons. The van der Waals surface area contributed by atoms with Crippen molar-refractivity contribution in [3.63, 3.8) is 0 Å². The van der Waals surface area contributed by atoms with Gasteiger partial charge in [0.25, 0.3) is 5.91 Å². The predicted octanol–water partition coefficient (Wildman–Crippen LogP) is 4.55. The van der Waals surface area contributed by atoms with Crippen LogP contribution in [0.5, 0.6) is 5.75 Å². The van der Waals surface area contributed by atoms with Crippen molar-refractivity contribution in [2.75, 3.05) is 11.9 Å². The summed E-state index contributed by atoms with van der Waals surface area (Å²) in [5, 5.41) is 6.88. The molecule has 0 saturated heterocycles. The molecule has 2 aromatic carbocycles. The molecule has 134 valence electrons. The maximum atomic E-state index is 12.1. The highest BCUT2D eigenvalue weighted by Crippen LogP contribution is 2.23. The summed E-state index contributed by atoms with van der Waals surface area (Å²) in [6.07, 6.45) is 1.04. The molecule has 5 heteroatoms. The van der Waals surface area contributed by atoms with Crippen LogP contribution >= 0.6 is 11.6 Å². The zero-order valence-electron chi connectivity index (χ0n) is 14.9. The molecule has 0 unspecified atom stereocenters. The van der Waals surface area contributed by atoms with E-state index in [1.807, 2.05) is 37.3 Å². The second-order valence-electron chi connectivity index (χ2n) is 6.15. The fraction of sp³-hybridized carbons (Fsp3) is 0.350. The highest BCUT2D eigenvalue weighted by Gasteiger charge is 2.09. The van der Waals surface area contributed by atoms with Crippen LogP contribution < -0.4 is 15.4 Å².